The Morgan fingerprint density at radius 2 is 1.44 bits per heavy atom. The first-order valence-electron chi connectivity index (χ1n) is 9.97. The standard InChI is InChI=1S/C25H18N2O7/c26-27-23(30)20-16(11-12-18(28)21(20)29)24(31)34-25(32)22-19(15-9-5-2-6-10-15)17(13-33-22)14-7-3-1-4-8-14/h1-13,28-29H,26H2,(H,27,30). The van der Waals surface area contributed by atoms with Crippen LogP contribution < -0.4 is 11.3 Å². The number of nitrogen functional groups attached to an aromatic ring is 1. The Bertz CT molecular complexity index is 1380. The SMILES string of the molecule is NNC(=O)c1c(C(=O)OC(=O)c2occ(-c3ccccc3)c2-c2ccccc2)ccc(O)c1O. The third-order valence-corrected chi connectivity index (χ3v) is 5.04. The number of phenols is 2. The second-order valence-electron chi connectivity index (χ2n) is 7.09. The Morgan fingerprint density at radius 1 is 0.824 bits per heavy atom. The van der Waals surface area contributed by atoms with E-state index in [4.69, 9.17) is 15.0 Å². The number of amides is 1. The summed E-state index contributed by atoms with van der Waals surface area (Å²) in [6.07, 6.45) is 1.39. The van der Waals surface area contributed by atoms with Crippen molar-refractivity contribution in [3.63, 3.8) is 0 Å². The Hall–Kier alpha value is -4.89. The van der Waals surface area contributed by atoms with Crippen molar-refractivity contribution in [3.05, 3.63) is 95.9 Å². The first-order chi connectivity index (χ1) is 16.4. The first kappa shape index (κ1) is 22.3. The van der Waals surface area contributed by atoms with Gasteiger partial charge in [-0.1, -0.05) is 60.7 Å². The zero-order chi connectivity index (χ0) is 24.2. The average Bonchev–Trinajstić information content (AvgIpc) is 3.31. The van der Waals surface area contributed by atoms with Crippen LogP contribution in [0.1, 0.15) is 31.3 Å². The molecule has 0 aliphatic carbocycles. The summed E-state index contributed by atoms with van der Waals surface area (Å²) in [4.78, 5) is 37.8. The molecule has 0 radical (unpaired) electrons. The lowest BCUT2D eigenvalue weighted by Gasteiger charge is -2.11. The van der Waals surface area contributed by atoms with Crippen molar-refractivity contribution in [1.29, 1.82) is 0 Å². The Morgan fingerprint density at radius 3 is 2.06 bits per heavy atom. The van der Waals surface area contributed by atoms with Crippen LogP contribution in [-0.4, -0.2) is 28.1 Å². The van der Waals surface area contributed by atoms with Gasteiger partial charge in [-0.05, 0) is 23.3 Å². The lowest BCUT2D eigenvalue weighted by atomic mass is 9.97. The maximum absolute atomic E-state index is 13.0. The second kappa shape index (κ2) is 9.31. The van der Waals surface area contributed by atoms with Gasteiger partial charge in [0.2, 0.25) is 5.76 Å². The number of hydrogen-bond acceptors (Lipinski definition) is 8. The van der Waals surface area contributed by atoms with Gasteiger partial charge < -0.3 is 19.4 Å². The van der Waals surface area contributed by atoms with Crippen LogP contribution in [0.25, 0.3) is 22.3 Å². The minimum Gasteiger partial charge on any atom is -0.504 e. The zero-order valence-corrected chi connectivity index (χ0v) is 17.5. The number of hydrazine groups is 1. The monoisotopic (exact) mass is 458 g/mol. The Labute approximate surface area is 193 Å². The topological polar surface area (TPSA) is 152 Å². The van der Waals surface area contributed by atoms with E-state index >= 15 is 0 Å². The van der Waals surface area contributed by atoms with E-state index in [1.165, 1.54) is 6.26 Å². The smallest absolute Gasteiger partial charge is 0.382 e. The molecule has 1 aromatic heterocycles. The van der Waals surface area contributed by atoms with Crippen molar-refractivity contribution in [2.75, 3.05) is 0 Å². The lowest BCUT2D eigenvalue weighted by Crippen LogP contribution is -2.31. The molecular formula is C25H18N2O7. The van der Waals surface area contributed by atoms with Crippen LogP contribution in [-0.2, 0) is 4.74 Å². The summed E-state index contributed by atoms with van der Waals surface area (Å²) in [6.45, 7) is 0. The number of nitrogens with two attached hydrogens (primary N) is 1. The average molecular weight is 458 g/mol. The zero-order valence-electron chi connectivity index (χ0n) is 17.5. The number of carbonyl (C=O) groups excluding carboxylic acids is 3. The molecule has 9 heteroatoms. The summed E-state index contributed by atoms with van der Waals surface area (Å²) >= 11 is 0. The molecule has 170 valence electrons. The summed E-state index contributed by atoms with van der Waals surface area (Å²) in [5.74, 6) is -0.115. The van der Waals surface area contributed by atoms with Gasteiger partial charge >= 0.3 is 11.9 Å². The number of carbonyl (C=O) groups is 3. The van der Waals surface area contributed by atoms with Gasteiger partial charge in [0.05, 0.1) is 5.56 Å². The van der Waals surface area contributed by atoms with Crippen molar-refractivity contribution in [1.82, 2.24) is 5.43 Å². The van der Waals surface area contributed by atoms with Gasteiger partial charge in [0, 0.05) is 11.1 Å². The molecule has 1 amide bonds. The molecule has 0 aliphatic rings. The Balaban J connectivity index is 1.74. The van der Waals surface area contributed by atoms with Gasteiger partial charge in [0.15, 0.2) is 11.5 Å². The van der Waals surface area contributed by atoms with Gasteiger partial charge in [-0.25, -0.2) is 15.4 Å². The predicted octanol–water partition coefficient (Wildman–Crippen LogP) is 3.63. The highest BCUT2D eigenvalue weighted by atomic mass is 16.6. The molecular weight excluding hydrogens is 440 g/mol. The normalized spacial score (nSPS) is 10.5. The molecule has 0 saturated heterocycles. The summed E-state index contributed by atoms with van der Waals surface area (Å²) in [7, 11) is 0. The van der Waals surface area contributed by atoms with E-state index in [9.17, 15) is 24.6 Å². The molecule has 0 fully saturated rings. The quantitative estimate of drug-likeness (QED) is 0.0883. The molecule has 1 heterocycles. The molecule has 0 spiro atoms. The maximum atomic E-state index is 13.0. The van der Waals surface area contributed by atoms with Gasteiger partial charge in [-0.2, -0.15) is 0 Å². The molecule has 5 N–H and O–H groups in total. The van der Waals surface area contributed by atoms with Crippen LogP contribution in [0.4, 0.5) is 0 Å². The Kier molecular flexibility index (Phi) is 6.11. The number of esters is 2. The van der Waals surface area contributed by atoms with Gasteiger partial charge in [-0.3, -0.25) is 10.2 Å². The van der Waals surface area contributed by atoms with E-state index in [1.807, 2.05) is 36.4 Å². The van der Waals surface area contributed by atoms with E-state index in [0.717, 1.165) is 17.7 Å². The van der Waals surface area contributed by atoms with Crippen molar-refractivity contribution >= 4 is 17.8 Å². The van der Waals surface area contributed by atoms with Gasteiger partial charge in [0.1, 0.15) is 11.8 Å². The van der Waals surface area contributed by atoms with Crippen LogP contribution >= 0.6 is 0 Å². The first-order valence-corrected chi connectivity index (χ1v) is 9.97. The van der Waals surface area contributed by atoms with E-state index < -0.39 is 40.5 Å². The summed E-state index contributed by atoms with van der Waals surface area (Å²) < 4.78 is 10.5. The molecule has 3 aromatic carbocycles. The molecule has 4 aromatic rings. The summed E-state index contributed by atoms with van der Waals surface area (Å²) in [5.41, 5.74) is 3.09. The van der Waals surface area contributed by atoms with Crippen molar-refractivity contribution in [2.45, 2.75) is 0 Å². The van der Waals surface area contributed by atoms with Crippen LogP contribution in [0.3, 0.4) is 0 Å². The van der Waals surface area contributed by atoms with Gasteiger partial charge in [0.25, 0.3) is 5.91 Å². The van der Waals surface area contributed by atoms with Crippen LogP contribution in [0.5, 0.6) is 11.5 Å². The fourth-order valence-corrected chi connectivity index (χ4v) is 3.47. The minimum absolute atomic E-state index is 0.230. The molecule has 0 saturated carbocycles. The third kappa shape index (κ3) is 4.10. The van der Waals surface area contributed by atoms with Crippen molar-refractivity contribution < 1.29 is 33.8 Å². The van der Waals surface area contributed by atoms with Crippen LogP contribution in [0.2, 0.25) is 0 Å². The molecule has 34 heavy (non-hydrogen) atoms. The maximum Gasteiger partial charge on any atom is 0.382 e. The molecule has 0 bridgehead atoms. The second-order valence-corrected chi connectivity index (χ2v) is 7.09. The molecule has 9 nitrogen and oxygen atoms in total. The molecule has 4 rings (SSSR count). The number of ether oxygens (including phenoxy) is 1. The highest BCUT2D eigenvalue weighted by molar-refractivity contribution is 6.12. The predicted molar refractivity (Wildman–Crippen MR) is 121 cm³/mol. The number of hydrogen-bond donors (Lipinski definition) is 4. The fourth-order valence-electron chi connectivity index (χ4n) is 3.47. The summed E-state index contributed by atoms with van der Waals surface area (Å²) in [6, 6.07) is 20.1. The van der Waals surface area contributed by atoms with Crippen LogP contribution in [0, 0.1) is 0 Å². The van der Waals surface area contributed by atoms with Gasteiger partial charge in [-0.15, -0.1) is 0 Å². The number of nitrogens with one attached hydrogen (secondary N) is 1. The largest absolute Gasteiger partial charge is 0.504 e. The third-order valence-electron chi connectivity index (χ3n) is 5.04. The highest BCUT2D eigenvalue weighted by Crippen LogP contribution is 2.37. The van der Waals surface area contributed by atoms with E-state index in [1.54, 1.807) is 29.7 Å². The number of furan rings is 1. The number of benzene rings is 3. The summed E-state index contributed by atoms with van der Waals surface area (Å²) in [5, 5.41) is 19.7. The minimum atomic E-state index is -1.25. The van der Waals surface area contributed by atoms with E-state index in [2.05, 4.69) is 0 Å². The van der Waals surface area contributed by atoms with E-state index in [0.29, 0.717) is 16.7 Å². The number of phenolic OH excluding ortho intramolecular Hbond substituents is 2. The van der Waals surface area contributed by atoms with E-state index in [-0.39, 0.29) is 5.76 Å². The molecule has 0 unspecified atom stereocenters. The van der Waals surface area contributed by atoms with Crippen molar-refractivity contribution in [3.8, 4) is 33.8 Å². The molecule has 0 atom stereocenters. The molecule has 0 aliphatic heterocycles. The lowest BCUT2D eigenvalue weighted by molar-refractivity contribution is 0.0373. The number of rotatable bonds is 5. The fraction of sp³-hybridized carbons (Fsp3) is 0. The van der Waals surface area contributed by atoms with Crippen molar-refractivity contribution in [2.24, 2.45) is 5.84 Å². The number of aromatic hydroxyl groups is 2. The van der Waals surface area contributed by atoms with Crippen LogP contribution in [0.15, 0.2) is 83.5 Å². The highest BCUT2D eigenvalue weighted by Gasteiger charge is 2.29.